The minimum absolute atomic E-state index is 0.124. The Balaban J connectivity index is 2.76. The average molecular weight is 255 g/mol. The number of anilines is 1. The van der Waals surface area contributed by atoms with Gasteiger partial charge in [-0.1, -0.05) is 30.3 Å². The van der Waals surface area contributed by atoms with Gasteiger partial charge in [0, 0.05) is 5.56 Å². The monoisotopic (exact) mass is 255 g/mol. The lowest BCUT2D eigenvalue weighted by Gasteiger charge is -2.14. The van der Waals surface area contributed by atoms with E-state index in [0.717, 1.165) is 5.56 Å². The van der Waals surface area contributed by atoms with Crippen molar-refractivity contribution in [3.05, 3.63) is 35.9 Å². The normalized spacial score (nSPS) is 9.74. The number of nitriles is 1. The molecule has 0 fully saturated rings. The highest BCUT2D eigenvalue weighted by Gasteiger charge is 2.20. The van der Waals surface area contributed by atoms with E-state index >= 15 is 0 Å². The lowest BCUT2D eigenvalue weighted by atomic mass is 10.1. The van der Waals surface area contributed by atoms with Crippen LogP contribution in [0.4, 0.5) is 5.82 Å². The number of methoxy groups -OCH3 is 2. The smallest absolute Gasteiger partial charge is 0.188 e. The van der Waals surface area contributed by atoms with Crippen molar-refractivity contribution in [1.29, 1.82) is 5.26 Å². The van der Waals surface area contributed by atoms with Crippen LogP contribution in [0.5, 0.6) is 11.5 Å². The molecule has 2 rings (SSSR count). The molecular formula is C14H13N3O2. The van der Waals surface area contributed by atoms with Crippen LogP contribution in [-0.4, -0.2) is 19.2 Å². The Kier molecular flexibility index (Phi) is 3.53. The fourth-order valence-corrected chi connectivity index (χ4v) is 1.85. The lowest BCUT2D eigenvalue weighted by Crippen LogP contribution is -2.03. The molecule has 1 heterocycles. The molecule has 0 saturated heterocycles. The summed E-state index contributed by atoms with van der Waals surface area (Å²) in [5.74, 6) is 0.829. The summed E-state index contributed by atoms with van der Waals surface area (Å²) in [6.45, 7) is 0. The van der Waals surface area contributed by atoms with E-state index in [4.69, 9.17) is 20.5 Å². The van der Waals surface area contributed by atoms with E-state index in [-0.39, 0.29) is 11.4 Å². The number of pyridine rings is 1. The summed E-state index contributed by atoms with van der Waals surface area (Å²) in [6, 6.07) is 11.4. The molecule has 0 aliphatic rings. The first-order chi connectivity index (χ1) is 9.22. The molecule has 5 nitrogen and oxygen atoms in total. The molecule has 5 heteroatoms. The van der Waals surface area contributed by atoms with Crippen LogP contribution < -0.4 is 15.2 Å². The zero-order chi connectivity index (χ0) is 13.8. The second kappa shape index (κ2) is 5.27. The summed E-state index contributed by atoms with van der Waals surface area (Å²) in [5, 5.41) is 9.11. The van der Waals surface area contributed by atoms with E-state index in [0.29, 0.717) is 17.2 Å². The first kappa shape index (κ1) is 12.7. The maximum absolute atomic E-state index is 9.11. The van der Waals surface area contributed by atoms with E-state index in [1.165, 1.54) is 14.2 Å². The van der Waals surface area contributed by atoms with Gasteiger partial charge in [0.25, 0.3) is 0 Å². The molecule has 0 aliphatic heterocycles. The zero-order valence-corrected chi connectivity index (χ0v) is 10.7. The maximum Gasteiger partial charge on any atom is 0.188 e. The van der Waals surface area contributed by atoms with Crippen molar-refractivity contribution in [2.45, 2.75) is 0 Å². The number of nitrogens with zero attached hydrogens (tertiary/aromatic N) is 2. The number of rotatable bonds is 3. The molecule has 0 spiro atoms. The van der Waals surface area contributed by atoms with Crippen LogP contribution in [0.3, 0.4) is 0 Å². The molecule has 96 valence electrons. The molecular weight excluding hydrogens is 242 g/mol. The van der Waals surface area contributed by atoms with E-state index in [9.17, 15) is 0 Å². The summed E-state index contributed by atoms with van der Waals surface area (Å²) in [5.41, 5.74) is 7.37. The Bertz CT molecular complexity index is 633. The predicted molar refractivity (Wildman–Crippen MR) is 71.9 cm³/mol. The van der Waals surface area contributed by atoms with E-state index in [1.807, 2.05) is 36.4 Å². The van der Waals surface area contributed by atoms with Gasteiger partial charge in [-0.25, -0.2) is 4.98 Å². The Morgan fingerprint density at radius 1 is 1.11 bits per heavy atom. The Morgan fingerprint density at radius 3 is 2.26 bits per heavy atom. The van der Waals surface area contributed by atoms with Crippen molar-refractivity contribution >= 4 is 5.82 Å². The molecule has 0 bridgehead atoms. The first-order valence-electron chi connectivity index (χ1n) is 5.59. The summed E-state index contributed by atoms with van der Waals surface area (Å²) >= 11 is 0. The summed E-state index contributed by atoms with van der Waals surface area (Å²) in [6.07, 6.45) is 0. The number of hydrogen-bond acceptors (Lipinski definition) is 5. The van der Waals surface area contributed by atoms with Gasteiger partial charge in [0.15, 0.2) is 11.5 Å². The van der Waals surface area contributed by atoms with Crippen molar-refractivity contribution in [2.24, 2.45) is 0 Å². The SMILES string of the molecule is COc1c(-c2ccccc2)nc(N)c(C#N)c1OC. The van der Waals surface area contributed by atoms with Crippen LogP contribution >= 0.6 is 0 Å². The quantitative estimate of drug-likeness (QED) is 0.909. The summed E-state index contributed by atoms with van der Waals surface area (Å²) < 4.78 is 10.6. The molecule has 0 unspecified atom stereocenters. The zero-order valence-electron chi connectivity index (χ0n) is 10.7. The second-order valence-electron chi connectivity index (χ2n) is 3.76. The van der Waals surface area contributed by atoms with Crippen molar-refractivity contribution in [3.8, 4) is 28.8 Å². The molecule has 19 heavy (non-hydrogen) atoms. The van der Waals surface area contributed by atoms with Crippen molar-refractivity contribution in [3.63, 3.8) is 0 Å². The van der Waals surface area contributed by atoms with Crippen LogP contribution in [0.15, 0.2) is 30.3 Å². The number of aromatic nitrogens is 1. The van der Waals surface area contributed by atoms with Gasteiger partial charge >= 0.3 is 0 Å². The molecule has 0 aliphatic carbocycles. The number of hydrogen-bond donors (Lipinski definition) is 1. The van der Waals surface area contributed by atoms with Crippen LogP contribution in [0.25, 0.3) is 11.3 Å². The number of nitrogen functional groups attached to an aromatic ring is 1. The topological polar surface area (TPSA) is 81.2 Å². The third-order valence-electron chi connectivity index (χ3n) is 2.70. The highest BCUT2D eigenvalue weighted by atomic mass is 16.5. The third-order valence-corrected chi connectivity index (χ3v) is 2.70. The Morgan fingerprint density at radius 2 is 1.74 bits per heavy atom. The first-order valence-corrected chi connectivity index (χ1v) is 5.59. The Hall–Kier alpha value is -2.74. The standard InChI is InChI=1S/C14H13N3O2/c1-18-12-10(8-15)14(16)17-11(13(12)19-2)9-6-4-3-5-7-9/h3-7H,1-2H3,(H2,16,17). The van der Waals surface area contributed by atoms with Crippen molar-refractivity contribution in [1.82, 2.24) is 4.98 Å². The molecule has 0 saturated carbocycles. The average Bonchev–Trinajstić information content (AvgIpc) is 2.46. The third kappa shape index (κ3) is 2.16. The number of benzene rings is 1. The summed E-state index contributed by atoms with van der Waals surface area (Å²) in [4.78, 5) is 4.24. The lowest BCUT2D eigenvalue weighted by molar-refractivity contribution is 0.354. The second-order valence-corrected chi connectivity index (χ2v) is 3.76. The number of nitrogens with two attached hydrogens (primary N) is 1. The molecule has 1 aromatic heterocycles. The highest BCUT2D eigenvalue weighted by molar-refractivity contribution is 5.76. The minimum Gasteiger partial charge on any atom is -0.491 e. The maximum atomic E-state index is 9.11. The molecule has 0 radical (unpaired) electrons. The van der Waals surface area contributed by atoms with Gasteiger partial charge in [-0.3, -0.25) is 0 Å². The molecule has 1 aromatic carbocycles. The van der Waals surface area contributed by atoms with Crippen LogP contribution in [-0.2, 0) is 0 Å². The fourth-order valence-electron chi connectivity index (χ4n) is 1.85. The summed E-state index contributed by atoms with van der Waals surface area (Å²) in [7, 11) is 2.97. The van der Waals surface area contributed by atoms with Gasteiger partial charge in [-0.15, -0.1) is 0 Å². The van der Waals surface area contributed by atoms with Crippen LogP contribution in [0.2, 0.25) is 0 Å². The minimum atomic E-state index is 0.124. The van der Waals surface area contributed by atoms with Gasteiger partial charge in [0.05, 0.1) is 14.2 Å². The van der Waals surface area contributed by atoms with Crippen molar-refractivity contribution in [2.75, 3.05) is 20.0 Å². The predicted octanol–water partition coefficient (Wildman–Crippen LogP) is 2.22. The fraction of sp³-hybridized carbons (Fsp3) is 0.143. The molecule has 2 N–H and O–H groups in total. The van der Waals surface area contributed by atoms with Gasteiger partial charge in [0.1, 0.15) is 23.1 Å². The molecule has 0 amide bonds. The van der Waals surface area contributed by atoms with Gasteiger partial charge in [0.2, 0.25) is 0 Å². The number of ether oxygens (including phenoxy) is 2. The highest BCUT2D eigenvalue weighted by Crippen LogP contribution is 2.40. The van der Waals surface area contributed by atoms with Crippen LogP contribution in [0, 0.1) is 11.3 Å². The van der Waals surface area contributed by atoms with E-state index < -0.39 is 0 Å². The van der Waals surface area contributed by atoms with Crippen LogP contribution in [0.1, 0.15) is 5.56 Å². The van der Waals surface area contributed by atoms with E-state index in [1.54, 1.807) is 0 Å². The van der Waals surface area contributed by atoms with Crippen molar-refractivity contribution < 1.29 is 9.47 Å². The largest absolute Gasteiger partial charge is 0.491 e. The molecule has 0 atom stereocenters. The van der Waals surface area contributed by atoms with E-state index in [2.05, 4.69) is 4.98 Å². The van der Waals surface area contributed by atoms with Gasteiger partial charge in [-0.2, -0.15) is 5.26 Å². The van der Waals surface area contributed by atoms with Gasteiger partial charge < -0.3 is 15.2 Å². The van der Waals surface area contributed by atoms with Gasteiger partial charge in [-0.05, 0) is 0 Å². The Labute approximate surface area is 111 Å². The molecule has 2 aromatic rings.